The molecule has 1 atom stereocenters. The van der Waals surface area contributed by atoms with Crippen molar-refractivity contribution in [2.45, 2.75) is 19.4 Å². The zero-order chi connectivity index (χ0) is 15.2. The fourth-order valence-corrected chi connectivity index (χ4v) is 2.65. The number of amides is 1. The van der Waals surface area contributed by atoms with Crippen LogP contribution >= 0.6 is 0 Å². The maximum absolute atomic E-state index is 12.3. The van der Waals surface area contributed by atoms with Gasteiger partial charge >= 0.3 is 0 Å². The molecule has 1 unspecified atom stereocenters. The first kappa shape index (κ1) is 15.3. The molecule has 0 saturated carbocycles. The molecule has 5 nitrogen and oxygen atoms in total. The quantitative estimate of drug-likeness (QED) is 0.845. The zero-order valence-corrected chi connectivity index (χ0v) is 12.6. The third-order valence-electron chi connectivity index (χ3n) is 3.73. The van der Waals surface area contributed by atoms with E-state index in [1.165, 1.54) is 0 Å². The number of rotatable bonds is 3. The van der Waals surface area contributed by atoms with E-state index in [0.717, 1.165) is 26.1 Å². The molecule has 1 saturated heterocycles. The second-order valence-corrected chi connectivity index (χ2v) is 5.45. The highest BCUT2D eigenvalue weighted by Gasteiger charge is 2.24. The Kier molecular flexibility index (Phi) is 5.18. The van der Waals surface area contributed by atoms with E-state index in [4.69, 9.17) is 10.00 Å². The van der Waals surface area contributed by atoms with Crippen LogP contribution in [0.1, 0.15) is 18.9 Å². The van der Waals surface area contributed by atoms with Crippen LogP contribution in [0.2, 0.25) is 0 Å². The lowest BCUT2D eigenvalue weighted by atomic mass is 10.2. The number of carbonyl (C=O) groups is 1. The largest absolute Gasteiger partial charge is 0.482 e. The molecule has 1 aliphatic rings. The van der Waals surface area contributed by atoms with E-state index in [9.17, 15) is 4.79 Å². The average Bonchev–Trinajstić information content (AvgIpc) is 2.65. The number of hydrogen-bond donors (Lipinski definition) is 0. The Hall–Kier alpha value is -2.06. The molecule has 0 bridgehead atoms. The molecule has 1 aromatic rings. The van der Waals surface area contributed by atoms with E-state index in [1.807, 2.05) is 4.90 Å². The first-order valence-corrected chi connectivity index (χ1v) is 7.21. The highest BCUT2D eigenvalue weighted by molar-refractivity contribution is 5.78. The molecule has 1 aromatic carbocycles. The van der Waals surface area contributed by atoms with Crippen LogP contribution in [0.5, 0.6) is 5.75 Å². The predicted octanol–water partition coefficient (Wildman–Crippen LogP) is 1.49. The van der Waals surface area contributed by atoms with Crippen LogP contribution in [0, 0.1) is 11.3 Å². The smallest absolute Gasteiger partial charge is 0.260 e. The summed E-state index contributed by atoms with van der Waals surface area (Å²) in [5, 5.41) is 9.01. The highest BCUT2D eigenvalue weighted by atomic mass is 16.5. The minimum Gasteiger partial charge on any atom is -0.482 e. The molecule has 2 rings (SSSR count). The minimum absolute atomic E-state index is 0.0211. The van der Waals surface area contributed by atoms with E-state index in [-0.39, 0.29) is 18.6 Å². The van der Waals surface area contributed by atoms with E-state index < -0.39 is 0 Å². The van der Waals surface area contributed by atoms with Gasteiger partial charge in [0.15, 0.2) is 6.61 Å². The van der Waals surface area contributed by atoms with Crippen molar-refractivity contribution in [2.24, 2.45) is 0 Å². The van der Waals surface area contributed by atoms with Crippen molar-refractivity contribution in [2.75, 3.05) is 33.3 Å². The topological polar surface area (TPSA) is 56.6 Å². The number of nitriles is 1. The van der Waals surface area contributed by atoms with Gasteiger partial charge in [-0.2, -0.15) is 5.26 Å². The Labute approximate surface area is 125 Å². The number of benzene rings is 1. The monoisotopic (exact) mass is 287 g/mol. The van der Waals surface area contributed by atoms with Gasteiger partial charge in [-0.15, -0.1) is 0 Å². The molecule has 0 radical (unpaired) electrons. The molecular weight excluding hydrogens is 266 g/mol. The van der Waals surface area contributed by atoms with E-state index in [1.54, 1.807) is 24.3 Å². The Bertz CT molecular complexity index is 539. The summed E-state index contributed by atoms with van der Waals surface area (Å²) in [5.74, 6) is 0.443. The van der Waals surface area contributed by atoms with Gasteiger partial charge in [-0.05, 0) is 39.1 Å². The van der Waals surface area contributed by atoms with Crippen molar-refractivity contribution in [3.63, 3.8) is 0 Å². The van der Waals surface area contributed by atoms with Crippen LogP contribution in [-0.2, 0) is 4.79 Å². The van der Waals surface area contributed by atoms with Crippen LogP contribution < -0.4 is 4.74 Å². The summed E-state index contributed by atoms with van der Waals surface area (Å²) in [6, 6.07) is 9.22. The minimum atomic E-state index is -0.0226. The molecule has 1 amide bonds. The fraction of sp³-hybridized carbons (Fsp3) is 0.500. The normalized spacial score (nSPS) is 19.7. The van der Waals surface area contributed by atoms with E-state index in [2.05, 4.69) is 24.9 Å². The molecule has 0 aromatic heterocycles. The summed E-state index contributed by atoms with van der Waals surface area (Å²) in [5.41, 5.74) is 0.453. The van der Waals surface area contributed by atoms with Gasteiger partial charge in [-0.1, -0.05) is 12.1 Å². The third-order valence-corrected chi connectivity index (χ3v) is 3.73. The molecular formula is C16H21N3O2. The average molecular weight is 287 g/mol. The van der Waals surface area contributed by atoms with Crippen LogP contribution in [0.4, 0.5) is 0 Å². The molecule has 0 spiro atoms. The summed E-state index contributed by atoms with van der Waals surface area (Å²) >= 11 is 0. The molecule has 1 heterocycles. The number of carbonyl (C=O) groups excluding carboxylic acids is 1. The maximum Gasteiger partial charge on any atom is 0.260 e. The van der Waals surface area contributed by atoms with Crippen molar-refractivity contribution in [3.8, 4) is 11.8 Å². The van der Waals surface area contributed by atoms with Crippen LogP contribution in [-0.4, -0.2) is 55.0 Å². The van der Waals surface area contributed by atoms with Crippen LogP contribution in [0.3, 0.4) is 0 Å². The van der Waals surface area contributed by atoms with E-state index >= 15 is 0 Å². The van der Waals surface area contributed by atoms with Crippen molar-refractivity contribution < 1.29 is 9.53 Å². The van der Waals surface area contributed by atoms with Crippen molar-refractivity contribution in [1.82, 2.24) is 9.80 Å². The van der Waals surface area contributed by atoms with Crippen LogP contribution in [0.15, 0.2) is 24.3 Å². The lowest BCUT2D eigenvalue weighted by Gasteiger charge is -2.28. The van der Waals surface area contributed by atoms with Crippen molar-refractivity contribution in [1.29, 1.82) is 5.26 Å². The van der Waals surface area contributed by atoms with Crippen molar-refractivity contribution >= 4 is 5.91 Å². The molecule has 112 valence electrons. The SMILES string of the molecule is CC1CN(C)CCCN1C(=O)COc1ccccc1C#N. The van der Waals surface area contributed by atoms with Gasteiger partial charge in [0.05, 0.1) is 5.56 Å². The lowest BCUT2D eigenvalue weighted by molar-refractivity contribution is -0.135. The summed E-state index contributed by atoms with van der Waals surface area (Å²) < 4.78 is 5.53. The Balaban J connectivity index is 1.96. The summed E-state index contributed by atoms with van der Waals surface area (Å²) in [6.45, 7) is 4.68. The molecule has 0 aliphatic carbocycles. The highest BCUT2D eigenvalue weighted by Crippen LogP contribution is 2.17. The second-order valence-electron chi connectivity index (χ2n) is 5.45. The molecule has 1 fully saturated rings. The van der Waals surface area contributed by atoms with Gasteiger partial charge in [0.25, 0.3) is 5.91 Å². The summed E-state index contributed by atoms with van der Waals surface area (Å²) in [4.78, 5) is 16.5. The van der Waals surface area contributed by atoms with Gasteiger partial charge in [-0.3, -0.25) is 4.79 Å². The predicted molar refractivity (Wildman–Crippen MR) is 79.9 cm³/mol. The Morgan fingerprint density at radius 2 is 2.19 bits per heavy atom. The number of para-hydroxylation sites is 1. The van der Waals surface area contributed by atoms with Gasteiger partial charge in [0, 0.05) is 19.1 Å². The lowest BCUT2D eigenvalue weighted by Crippen LogP contribution is -2.44. The molecule has 1 aliphatic heterocycles. The molecule has 0 N–H and O–H groups in total. The Morgan fingerprint density at radius 3 is 2.95 bits per heavy atom. The van der Waals surface area contributed by atoms with Gasteiger partial charge in [-0.25, -0.2) is 0 Å². The third kappa shape index (κ3) is 3.96. The van der Waals surface area contributed by atoms with Crippen LogP contribution in [0.25, 0.3) is 0 Å². The molecule has 21 heavy (non-hydrogen) atoms. The standard InChI is InChI=1S/C16H21N3O2/c1-13-11-18(2)8-5-9-19(13)16(20)12-21-15-7-4-3-6-14(15)10-17/h3-4,6-7,13H,5,8-9,11-12H2,1-2H3. The Morgan fingerprint density at radius 1 is 1.43 bits per heavy atom. The first-order valence-electron chi connectivity index (χ1n) is 7.21. The van der Waals surface area contributed by atoms with Gasteiger partial charge < -0.3 is 14.5 Å². The fourth-order valence-electron chi connectivity index (χ4n) is 2.65. The summed E-state index contributed by atoms with van der Waals surface area (Å²) in [6.07, 6.45) is 0.974. The van der Waals surface area contributed by atoms with Gasteiger partial charge in [0.2, 0.25) is 0 Å². The molecule has 5 heteroatoms. The number of ether oxygens (including phenoxy) is 1. The number of likely N-dealkylation sites (N-methyl/N-ethyl adjacent to an activating group) is 1. The second kappa shape index (κ2) is 7.09. The number of nitrogens with zero attached hydrogens (tertiary/aromatic N) is 3. The van der Waals surface area contributed by atoms with Gasteiger partial charge in [0.1, 0.15) is 11.8 Å². The first-order chi connectivity index (χ1) is 10.1. The van der Waals surface area contributed by atoms with Crippen molar-refractivity contribution in [3.05, 3.63) is 29.8 Å². The maximum atomic E-state index is 12.3. The van der Waals surface area contributed by atoms with E-state index in [0.29, 0.717) is 11.3 Å². The summed E-state index contributed by atoms with van der Waals surface area (Å²) in [7, 11) is 2.07. The number of hydrogen-bond acceptors (Lipinski definition) is 4. The zero-order valence-electron chi connectivity index (χ0n) is 12.6.